The number of para-hydroxylation sites is 1. The Bertz CT molecular complexity index is 945. The molecule has 0 atom stereocenters. The Morgan fingerprint density at radius 1 is 1.15 bits per heavy atom. The van der Waals surface area contributed by atoms with E-state index >= 15 is 0 Å². The van der Waals surface area contributed by atoms with E-state index in [0.717, 1.165) is 38.2 Å². The minimum atomic E-state index is -0.414. The second-order valence-corrected chi connectivity index (χ2v) is 6.67. The molecule has 0 aliphatic carbocycles. The lowest BCUT2D eigenvalue weighted by Gasteiger charge is -2.32. The van der Waals surface area contributed by atoms with Crippen molar-refractivity contribution in [1.82, 2.24) is 14.8 Å². The number of fused-ring (bicyclic) bond motifs is 1. The molecule has 4 rings (SSSR count). The molecule has 0 unspecified atom stereocenters. The van der Waals surface area contributed by atoms with Gasteiger partial charge in [-0.05, 0) is 30.8 Å². The van der Waals surface area contributed by atoms with Gasteiger partial charge in [0.2, 0.25) is 5.89 Å². The minimum absolute atomic E-state index is 0.00304. The third-order valence-corrected chi connectivity index (χ3v) is 4.79. The minimum Gasteiger partial charge on any atom is -0.436 e. The van der Waals surface area contributed by atoms with E-state index in [4.69, 9.17) is 4.42 Å². The van der Waals surface area contributed by atoms with E-state index in [0.29, 0.717) is 11.1 Å². The summed E-state index contributed by atoms with van der Waals surface area (Å²) < 4.78 is 5.77. The van der Waals surface area contributed by atoms with Crippen LogP contribution >= 0.6 is 0 Å². The van der Waals surface area contributed by atoms with Crippen molar-refractivity contribution in [3.05, 3.63) is 58.1 Å². The largest absolute Gasteiger partial charge is 0.436 e. The normalized spacial score (nSPS) is 16.2. The molecule has 3 aromatic rings. The molecule has 0 bridgehead atoms. The zero-order valence-corrected chi connectivity index (χ0v) is 14.6. The van der Waals surface area contributed by atoms with Crippen molar-refractivity contribution < 1.29 is 9.34 Å². The summed E-state index contributed by atoms with van der Waals surface area (Å²) >= 11 is 0. The molecule has 1 fully saturated rings. The van der Waals surface area contributed by atoms with E-state index in [1.54, 1.807) is 18.2 Å². The Labute approximate surface area is 151 Å². The molecule has 1 aliphatic rings. The monoisotopic (exact) mass is 352 g/mol. The van der Waals surface area contributed by atoms with Crippen molar-refractivity contribution in [3.63, 3.8) is 0 Å². The van der Waals surface area contributed by atoms with Crippen LogP contribution in [-0.2, 0) is 6.54 Å². The molecule has 0 N–H and O–H groups in total. The van der Waals surface area contributed by atoms with Crippen molar-refractivity contribution in [1.29, 1.82) is 0 Å². The highest BCUT2D eigenvalue weighted by Crippen LogP contribution is 2.31. The number of aromatic nitrogens is 1. The Kier molecular flexibility index (Phi) is 4.40. The molecule has 7 heteroatoms. The van der Waals surface area contributed by atoms with Crippen molar-refractivity contribution in [3.8, 4) is 11.5 Å². The third-order valence-electron chi connectivity index (χ3n) is 4.79. The molecule has 1 saturated heterocycles. The summed E-state index contributed by atoms with van der Waals surface area (Å²) in [5.41, 5.74) is 2.93. The maximum absolute atomic E-state index is 11.2. The van der Waals surface area contributed by atoms with Gasteiger partial charge in [0.15, 0.2) is 5.58 Å². The lowest BCUT2D eigenvalue weighted by molar-refractivity contribution is -0.384. The Balaban J connectivity index is 1.61. The first kappa shape index (κ1) is 16.7. The van der Waals surface area contributed by atoms with Gasteiger partial charge in [-0.1, -0.05) is 18.2 Å². The van der Waals surface area contributed by atoms with Gasteiger partial charge < -0.3 is 9.32 Å². The van der Waals surface area contributed by atoms with Gasteiger partial charge in [0, 0.05) is 38.8 Å². The van der Waals surface area contributed by atoms with Crippen LogP contribution in [0.5, 0.6) is 0 Å². The van der Waals surface area contributed by atoms with Gasteiger partial charge in [-0.15, -0.1) is 0 Å². The van der Waals surface area contributed by atoms with Gasteiger partial charge in [0.25, 0.3) is 5.69 Å². The zero-order valence-electron chi connectivity index (χ0n) is 14.6. The smallest absolute Gasteiger partial charge is 0.282 e. The van der Waals surface area contributed by atoms with Gasteiger partial charge in [-0.3, -0.25) is 15.0 Å². The van der Waals surface area contributed by atoms with Crippen LogP contribution in [0.2, 0.25) is 0 Å². The molecule has 1 aromatic heterocycles. The van der Waals surface area contributed by atoms with E-state index in [-0.39, 0.29) is 11.6 Å². The van der Waals surface area contributed by atoms with Gasteiger partial charge >= 0.3 is 0 Å². The van der Waals surface area contributed by atoms with Crippen LogP contribution in [0.25, 0.3) is 22.6 Å². The highest BCUT2D eigenvalue weighted by atomic mass is 16.6. The third kappa shape index (κ3) is 3.31. The van der Waals surface area contributed by atoms with Crippen LogP contribution in [0.3, 0.4) is 0 Å². The molecule has 0 spiro atoms. The summed E-state index contributed by atoms with van der Waals surface area (Å²) in [6.07, 6.45) is 0. The van der Waals surface area contributed by atoms with Crippen molar-refractivity contribution in [2.75, 3.05) is 33.2 Å². The molecule has 0 radical (unpaired) electrons. The molecule has 134 valence electrons. The van der Waals surface area contributed by atoms with Gasteiger partial charge in [-0.2, -0.15) is 0 Å². The van der Waals surface area contributed by atoms with E-state index in [2.05, 4.69) is 21.8 Å². The number of nitrogens with zero attached hydrogens (tertiary/aromatic N) is 4. The summed E-state index contributed by atoms with van der Waals surface area (Å²) in [6.45, 7) is 5.13. The predicted octanol–water partition coefficient (Wildman–Crippen LogP) is 3.15. The molecular formula is C19H20N4O3. The summed E-state index contributed by atoms with van der Waals surface area (Å²) in [4.78, 5) is 20.1. The topological polar surface area (TPSA) is 75.7 Å². The maximum Gasteiger partial charge on any atom is 0.282 e. The van der Waals surface area contributed by atoms with Crippen LogP contribution in [-0.4, -0.2) is 52.9 Å². The number of rotatable bonds is 4. The fourth-order valence-corrected chi connectivity index (χ4v) is 3.26. The number of benzene rings is 2. The first-order chi connectivity index (χ1) is 12.6. The highest BCUT2D eigenvalue weighted by Gasteiger charge is 2.20. The number of piperazine rings is 1. The molecule has 0 amide bonds. The predicted molar refractivity (Wildman–Crippen MR) is 98.9 cm³/mol. The molecule has 26 heavy (non-hydrogen) atoms. The van der Waals surface area contributed by atoms with E-state index in [1.807, 2.05) is 18.2 Å². The lowest BCUT2D eigenvalue weighted by atomic mass is 10.1. The highest BCUT2D eigenvalue weighted by molar-refractivity contribution is 5.79. The number of nitro benzene ring substituents is 1. The van der Waals surface area contributed by atoms with E-state index in [1.165, 1.54) is 11.6 Å². The Morgan fingerprint density at radius 3 is 2.69 bits per heavy atom. The number of hydrogen-bond donors (Lipinski definition) is 0. The number of hydrogen-bond acceptors (Lipinski definition) is 6. The first-order valence-electron chi connectivity index (χ1n) is 8.64. The molecule has 1 aliphatic heterocycles. The fourth-order valence-electron chi connectivity index (χ4n) is 3.26. The van der Waals surface area contributed by atoms with Crippen LogP contribution in [0, 0.1) is 10.1 Å². The second kappa shape index (κ2) is 6.86. The maximum atomic E-state index is 11.2. The quantitative estimate of drug-likeness (QED) is 0.530. The summed E-state index contributed by atoms with van der Waals surface area (Å²) in [5, 5.41) is 11.2. The number of likely N-dealkylation sites (N-methyl/N-ethyl adjacent to an activating group) is 1. The van der Waals surface area contributed by atoms with Gasteiger partial charge in [-0.25, -0.2) is 4.98 Å². The van der Waals surface area contributed by atoms with Crippen molar-refractivity contribution >= 4 is 16.8 Å². The van der Waals surface area contributed by atoms with Crippen LogP contribution in [0.4, 0.5) is 5.69 Å². The number of oxazole rings is 1. The molecule has 0 saturated carbocycles. The van der Waals surface area contributed by atoms with E-state index < -0.39 is 4.92 Å². The second-order valence-electron chi connectivity index (χ2n) is 6.67. The van der Waals surface area contributed by atoms with Crippen LogP contribution < -0.4 is 0 Å². The van der Waals surface area contributed by atoms with Crippen LogP contribution in [0.1, 0.15) is 5.56 Å². The average molecular weight is 352 g/mol. The molecular weight excluding hydrogens is 332 g/mol. The van der Waals surface area contributed by atoms with Gasteiger partial charge in [0.1, 0.15) is 11.1 Å². The summed E-state index contributed by atoms with van der Waals surface area (Å²) in [6, 6.07) is 12.4. The average Bonchev–Trinajstić information content (AvgIpc) is 3.07. The van der Waals surface area contributed by atoms with Crippen molar-refractivity contribution in [2.45, 2.75) is 6.54 Å². The first-order valence-corrected chi connectivity index (χ1v) is 8.64. The standard InChI is InChI=1S/C19H20N4O3/c1-21-8-10-22(11-9-21)13-14-6-7-18-16(12-14)20-19(26-18)15-4-2-3-5-17(15)23(24)25/h2-7,12H,8-11,13H2,1H3. The lowest BCUT2D eigenvalue weighted by Crippen LogP contribution is -2.43. The molecule has 2 aromatic carbocycles. The summed E-state index contributed by atoms with van der Waals surface area (Å²) in [5.74, 6) is 0.282. The SMILES string of the molecule is CN1CCN(Cc2ccc3oc(-c4ccccc4[N+](=O)[O-])nc3c2)CC1. The van der Waals surface area contributed by atoms with E-state index in [9.17, 15) is 10.1 Å². The molecule has 2 heterocycles. The summed E-state index contributed by atoms with van der Waals surface area (Å²) in [7, 11) is 2.14. The number of nitro groups is 1. The molecule has 7 nitrogen and oxygen atoms in total. The Morgan fingerprint density at radius 2 is 1.92 bits per heavy atom. The van der Waals surface area contributed by atoms with Gasteiger partial charge in [0.05, 0.1) is 4.92 Å². The van der Waals surface area contributed by atoms with Crippen LogP contribution in [0.15, 0.2) is 46.9 Å². The fraction of sp³-hybridized carbons (Fsp3) is 0.316. The Hall–Kier alpha value is -2.77. The zero-order chi connectivity index (χ0) is 18.1. The van der Waals surface area contributed by atoms with Crippen molar-refractivity contribution in [2.24, 2.45) is 0 Å².